The van der Waals surface area contributed by atoms with E-state index in [1.807, 2.05) is 0 Å². The number of para-hydroxylation sites is 1. The third kappa shape index (κ3) is 3.83. The lowest BCUT2D eigenvalue weighted by Gasteiger charge is -2.27. The van der Waals surface area contributed by atoms with Crippen LogP contribution in [0.1, 0.15) is 11.1 Å². The summed E-state index contributed by atoms with van der Waals surface area (Å²) in [5, 5.41) is 2.48. The first kappa shape index (κ1) is 20.5. The van der Waals surface area contributed by atoms with Crippen molar-refractivity contribution < 1.29 is 0 Å². The van der Waals surface area contributed by atoms with Crippen LogP contribution in [0.3, 0.4) is 0 Å². The Morgan fingerprint density at radius 2 is 1.22 bits per heavy atom. The molecular formula is C30H24BrN. The molecule has 0 atom stereocenters. The zero-order chi connectivity index (χ0) is 22.1. The highest BCUT2D eigenvalue weighted by Gasteiger charge is 2.16. The van der Waals surface area contributed by atoms with Gasteiger partial charge in [0.1, 0.15) is 0 Å². The van der Waals surface area contributed by atoms with Gasteiger partial charge in [-0.3, -0.25) is 0 Å². The van der Waals surface area contributed by atoms with Crippen molar-refractivity contribution in [2.75, 3.05) is 4.90 Å². The van der Waals surface area contributed by atoms with Crippen molar-refractivity contribution in [2.24, 2.45) is 0 Å². The Morgan fingerprint density at radius 3 is 1.97 bits per heavy atom. The van der Waals surface area contributed by atoms with Crippen LogP contribution >= 0.6 is 15.9 Å². The van der Waals surface area contributed by atoms with Crippen molar-refractivity contribution in [3.8, 4) is 11.1 Å². The molecule has 0 amide bonds. The van der Waals surface area contributed by atoms with E-state index in [-0.39, 0.29) is 0 Å². The molecule has 0 unspecified atom stereocenters. The van der Waals surface area contributed by atoms with Crippen molar-refractivity contribution in [3.05, 3.63) is 125 Å². The van der Waals surface area contributed by atoms with Crippen LogP contribution in [0.15, 0.2) is 114 Å². The van der Waals surface area contributed by atoms with E-state index in [1.54, 1.807) is 0 Å². The number of nitrogens with zero attached hydrogens (tertiary/aromatic N) is 1. The molecule has 0 aliphatic heterocycles. The zero-order valence-electron chi connectivity index (χ0n) is 18.2. The molecule has 5 aromatic carbocycles. The zero-order valence-corrected chi connectivity index (χ0v) is 19.8. The summed E-state index contributed by atoms with van der Waals surface area (Å²) in [6, 6.07) is 39.0. The van der Waals surface area contributed by atoms with Crippen LogP contribution in [0.25, 0.3) is 21.9 Å². The fourth-order valence-electron chi connectivity index (χ4n) is 4.43. The molecule has 0 aromatic heterocycles. The molecule has 1 nitrogen and oxygen atoms in total. The molecule has 0 radical (unpaired) electrons. The van der Waals surface area contributed by atoms with Crippen LogP contribution in [0.4, 0.5) is 17.1 Å². The van der Waals surface area contributed by atoms with Gasteiger partial charge in [0.05, 0.1) is 5.69 Å². The molecule has 32 heavy (non-hydrogen) atoms. The number of benzene rings is 5. The SMILES string of the molecule is Cc1cc(Br)ccc1-c1ccc(N(c2ccccc2)c2cccc3ccccc23)cc1C. The Kier molecular flexibility index (Phi) is 5.55. The van der Waals surface area contributed by atoms with Gasteiger partial charge in [-0.15, -0.1) is 0 Å². The molecule has 5 aromatic rings. The summed E-state index contributed by atoms with van der Waals surface area (Å²) in [5.74, 6) is 0. The van der Waals surface area contributed by atoms with Crippen molar-refractivity contribution in [3.63, 3.8) is 0 Å². The molecule has 0 spiro atoms. The maximum absolute atomic E-state index is 3.58. The standard InChI is InChI=1S/C30H24BrN/c1-21-19-24(31)15-17-27(21)28-18-16-26(20-22(28)2)32(25-11-4-3-5-12-25)30-14-8-10-23-9-6-7-13-29(23)30/h3-20H,1-2H3. The molecule has 0 aliphatic rings. The second-order valence-electron chi connectivity index (χ2n) is 8.13. The van der Waals surface area contributed by atoms with E-state index in [0.717, 1.165) is 15.8 Å². The monoisotopic (exact) mass is 477 g/mol. The molecule has 0 saturated carbocycles. The molecular weight excluding hydrogens is 454 g/mol. The Balaban J connectivity index is 1.68. The molecule has 5 rings (SSSR count). The van der Waals surface area contributed by atoms with Gasteiger partial charge in [0.2, 0.25) is 0 Å². The molecule has 2 heteroatoms. The highest BCUT2D eigenvalue weighted by atomic mass is 79.9. The minimum atomic E-state index is 1.11. The maximum Gasteiger partial charge on any atom is 0.0540 e. The first-order valence-corrected chi connectivity index (χ1v) is 11.6. The summed E-state index contributed by atoms with van der Waals surface area (Å²) < 4.78 is 1.11. The fraction of sp³-hybridized carbons (Fsp3) is 0.0667. The smallest absolute Gasteiger partial charge is 0.0540 e. The van der Waals surface area contributed by atoms with E-state index < -0.39 is 0 Å². The molecule has 0 bridgehead atoms. The number of hydrogen-bond acceptors (Lipinski definition) is 1. The predicted molar refractivity (Wildman–Crippen MR) is 141 cm³/mol. The third-order valence-electron chi connectivity index (χ3n) is 5.97. The van der Waals surface area contributed by atoms with Gasteiger partial charge in [0.25, 0.3) is 0 Å². The average molecular weight is 478 g/mol. The highest BCUT2D eigenvalue weighted by molar-refractivity contribution is 9.10. The van der Waals surface area contributed by atoms with E-state index >= 15 is 0 Å². The minimum Gasteiger partial charge on any atom is -0.310 e. The van der Waals surface area contributed by atoms with Crippen LogP contribution in [-0.4, -0.2) is 0 Å². The first-order chi connectivity index (χ1) is 15.6. The number of aryl methyl sites for hydroxylation is 2. The summed E-state index contributed by atoms with van der Waals surface area (Å²) in [4.78, 5) is 2.35. The Labute approximate surface area is 198 Å². The molecule has 0 aliphatic carbocycles. The van der Waals surface area contributed by atoms with Crippen molar-refractivity contribution >= 4 is 43.8 Å². The number of anilines is 3. The van der Waals surface area contributed by atoms with E-state index in [0.29, 0.717) is 0 Å². The van der Waals surface area contributed by atoms with Gasteiger partial charge < -0.3 is 4.90 Å². The maximum atomic E-state index is 3.58. The number of rotatable bonds is 4. The normalized spacial score (nSPS) is 11.0. The van der Waals surface area contributed by atoms with Gasteiger partial charge in [-0.25, -0.2) is 0 Å². The van der Waals surface area contributed by atoms with Gasteiger partial charge in [0.15, 0.2) is 0 Å². The van der Waals surface area contributed by atoms with E-state index in [2.05, 4.69) is 144 Å². The summed E-state index contributed by atoms with van der Waals surface area (Å²) in [5.41, 5.74) is 8.55. The topological polar surface area (TPSA) is 3.24 Å². The first-order valence-electron chi connectivity index (χ1n) is 10.8. The summed E-state index contributed by atoms with van der Waals surface area (Å²) in [6.45, 7) is 4.37. The average Bonchev–Trinajstić information content (AvgIpc) is 2.81. The lowest BCUT2D eigenvalue weighted by atomic mass is 9.96. The Morgan fingerprint density at radius 1 is 0.562 bits per heavy atom. The lowest BCUT2D eigenvalue weighted by molar-refractivity contribution is 1.28. The Hall–Kier alpha value is -3.36. The van der Waals surface area contributed by atoms with E-state index in [1.165, 1.54) is 38.7 Å². The fourth-order valence-corrected chi connectivity index (χ4v) is 4.90. The van der Waals surface area contributed by atoms with Gasteiger partial charge >= 0.3 is 0 Å². The quantitative estimate of drug-likeness (QED) is 0.249. The summed E-state index contributed by atoms with van der Waals surface area (Å²) >= 11 is 3.58. The summed E-state index contributed by atoms with van der Waals surface area (Å²) in [7, 11) is 0. The molecule has 0 N–H and O–H groups in total. The van der Waals surface area contributed by atoms with Crippen LogP contribution < -0.4 is 4.90 Å². The second kappa shape index (κ2) is 8.64. The van der Waals surface area contributed by atoms with Crippen LogP contribution in [0.5, 0.6) is 0 Å². The summed E-state index contributed by atoms with van der Waals surface area (Å²) in [6.07, 6.45) is 0. The number of fused-ring (bicyclic) bond motifs is 1. The van der Waals surface area contributed by atoms with Gasteiger partial charge in [0, 0.05) is 21.2 Å². The third-order valence-corrected chi connectivity index (χ3v) is 6.46. The number of hydrogen-bond donors (Lipinski definition) is 0. The Bertz CT molecular complexity index is 1400. The lowest BCUT2D eigenvalue weighted by Crippen LogP contribution is -2.10. The van der Waals surface area contributed by atoms with Gasteiger partial charge in [-0.2, -0.15) is 0 Å². The van der Waals surface area contributed by atoms with E-state index in [4.69, 9.17) is 0 Å². The van der Waals surface area contributed by atoms with Crippen molar-refractivity contribution in [1.82, 2.24) is 0 Å². The highest BCUT2D eigenvalue weighted by Crippen LogP contribution is 2.40. The molecule has 0 fully saturated rings. The van der Waals surface area contributed by atoms with Gasteiger partial charge in [-0.05, 0) is 84.0 Å². The molecule has 0 saturated heterocycles. The second-order valence-corrected chi connectivity index (χ2v) is 9.04. The number of halogens is 1. The van der Waals surface area contributed by atoms with Crippen LogP contribution in [-0.2, 0) is 0 Å². The van der Waals surface area contributed by atoms with Crippen LogP contribution in [0.2, 0.25) is 0 Å². The van der Waals surface area contributed by atoms with Crippen molar-refractivity contribution in [2.45, 2.75) is 13.8 Å². The van der Waals surface area contributed by atoms with Crippen molar-refractivity contribution in [1.29, 1.82) is 0 Å². The molecule has 0 heterocycles. The minimum absolute atomic E-state index is 1.11. The largest absolute Gasteiger partial charge is 0.310 e. The van der Waals surface area contributed by atoms with Crippen LogP contribution in [0, 0.1) is 13.8 Å². The van der Waals surface area contributed by atoms with E-state index in [9.17, 15) is 0 Å². The molecule has 156 valence electrons. The predicted octanol–water partition coefficient (Wildman–Crippen LogP) is 9.36. The van der Waals surface area contributed by atoms with Gasteiger partial charge in [-0.1, -0.05) is 82.7 Å².